The molecule has 0 unspecified atom stereocenters. The van der Waals surface area contributed by atoms with Crippen LogP contribution >= 0.6 is 0 Å². The number of carbonyl (C=O) groups is 1. The Morgan fingerprint density at radius 1 is 1.33 bits per heavy atom. The first-order valence-corrected chi connectivity index (χ1v) is 7.08. The van der Waals surface area contributed by atoms with Crippen LogP contribution in [0.15, 0.2) is 42.7 Å². The minimum Gasteiger partial charge on any atom is -0.385 e. The number of carbonyl (C=O) groups excluding carboxylic acids is 1. The fraction of sp³-hybridized carbons (Fsp3) is 0.375. The van der Waals surface area contributed by atoms with E-state index in [4.69, 9.17) is 4.74 Å². The molecule has 0 fully saturated rings. The van der Waals surface area contributed by atoms with Crippen LogP contribution in [-0.2, 0) is 9.53 Å². The minimum absolute atomic E-state index is 0.0335. The third kappa shape index (κ3) is 4.16. The maximum Gasteiger partial charge on any atom is 0.244 e. The lowest BCUT2D eigenvalue weighted by molar-refractivity contribution is -0.124. The topological polar surface area (TPSA) is 56.1 Å². The molecule has 0 spiro atoms. The maximum atomic E-state index is 12.0. The molecule has 0 aliphatic rings. The number of methoxy groups -OCH3 is 1. The summed E-state index contributed by atoms with van der Waals surface area (Å²) in [5, 5.41) is 7.17. The van der Waals surface area contributed by atoms with E-state index < -0.39 is 0 Å². The number of aromatic nitrogens is 2. The lowest BCUT2D eigenvalue weighted by Gasteiger charge is -2.12. The van der Waals surface area contributed by atoms with E-state index in [1.54, 1.807) is 18.0 Å². The van der Waals surface area contributed by atoms with E-state index >= 15 is 0 Å². The molecule has 0 bridgehead atoms. The van der Waals surface area contributed by atoms with Gasteiger partial charge in [-0.05, 0) is 18.9 Å². The van der Waals surface area contributed by atoms with Crippen molar-refractivity contribution in [2.75, 3.05) is 20.3 Å². The van der Waals surface area contributed by atoms with Gasteiger partial charge in [0.25, 0.3) is 0 Å². The van der Waals surface area contributed by atoms with Crippen LogP contribution in [0, 0.1) is 0 Å². The molecular formula is C16H21N3O2. The molecule has 5 heteroatoms. The summed E-state index contributed by atoms with van der Waals surface area (Å²) in [6, 6.07) is 9.67. The maximum absolute atomic E-state index is 12.0. The Hall–Kier alpha value is -2.14. The van der Waals surface area contributed by atoms with Gasteiger partial charge >= 0.3 is 0 Å². The van der Waals surface area contributed by atoms with Crippen LogP contribution in [0.2, 0.25) is 0 Å². The SMILES string of the molecule is COCCCNC(=O)[C@@H](C)n1cc(-c2ccccc2)cn1. The zero-order valence-electron chi connectivity index (χ0n) is 12.5. The van der Waals surface area contributed by atoms with Gasteiger partial charge in [0.15, 0.2) is 0 Å². The predicted molar refractivity (Wildman–Crippen MR) is 81.9 cm³/mol. The molecule has 1 amide bonds. The number of nitrogens with zero attached hydrogens (tertiary/aromatic N) is 2. The van der Waals surface area contributed by atoms with Crippen LogP contribution in [0.25, 0.3) is 11.1 Å². The molecule has 0 radical (unpaired) electrons. The summed E-state index contributed by atoms with van der Waals surface area (Å²) in [6.07, 6.45) is 4.49. The molecule has 0 aliphatic carbocycles. The number of amides is 1. The minimum atomic E-state index is -0.329. The lowest BCUT2D eigenvalue weighted by Crippen LogP contribution is -2.32. The second-order valence-corrected chi connectivity index (χ2v) is 4.89. The Labute approximate surface area is 124 Å². The highest BCUT2D eigenvalue weighted by atomic mass is 16.5. The number of hydrogen-bond donors (Lipinski definition) is 1. The van der Waals surface area contributed by atoms with Crippen LogP contribution in [0.5, 0.6) is 0 Å². The molecule has 0 saturated heterocycles. The summed E-state index contributed by atoms with van der Waals surface area (Å²) in [4.78, 5) is 12.0. The Morgan fingerprint density at radius 2 is 2.10 bits per heavy atom. The van der Waals surface area contributed by atoms with Gasteiger partial charge in [-0.1, -0.05) is 30.3 Å². The van der Waals surface area contributed by atoms with Crippen molar-refractivity contribution >= 4 is 5.91 Å². The van der Waals surface area contributed by atoms with Crippen LogP contribution < -0.4 is 5.32 Å². The molecule has 0 aliphatic heterocycles. The van der Waals surface area contributed by atoms with Crippen LogP contribution in [0.4, 0.5) is 0 Å². The Bertz CT molecular complexity index is 566. The van der Waals surface area contributed by atoms with Crippen molar-refractivity contribution in [1.29, 1.82) is 0 Å². The molecular weight excluding hydrogens is 266 g/mol. The van der Waals surface area contributed by atoms with Gasteiger partial charge in [-0.2, -0.15) is 5.10 Å². The average molecular weight is 287 g/mol. The molecule has 112 valence electrons. The number of ether oxygens (including phenoxy) is 1. The van der Waals surface area contributed by atoms with Crippen molar-refractivity contribution < 1.29 is 9.53 Å². The van der Waals surface area contributed by atoms with E-state index in [1.165, 1.54) is 0 Å². The number of rotatable bonds is 7. The normalized spacial score (nSPS) is 12.1. The molecule has 2 aromatic rings. The third-order valence-corrected chi connectivity index (χ3v) is 3.31. The summed E-state index contributed by atoms with van der Waals surface area (Å²) >= 11 is 0. The quantitative estimate of drug-likeness (QED) is 0.795. The van der Waals surface area contributed by atoms with Gasteiger partial charge in [-0.15, -0.1) is 0 Å². The van der Waals surface area contributed by atoms with Gasteiger partial charge in [0.1, 0.15) is 6.04 Å². The van der Waals surface area contributed by atoms with Crippen molar-refractivity contribution in [3.8, 4) is 11.1 Å². The van der Waals surface area contributed by atoms with Crippen LogP contribution in [0.3, 0.4) is 0 Å². The van der Waals surface area contributed by atoms with Gasteiger partial charge < -0.3 is 10.1 Å². The average Bonchev–Trinajstić information content (AvgIpc) is 3.01. The van der Waals surface area contributed by atoms with Crippen LogP contribution in [0.1, 0.15) is 19.4 Å². The van der Waals surface area contributed by atoms with Crippen molar-refractivity contribution in [3.63, 3.8) is 0 Å². The summed E-state index contributed by atoms with van der Waals surface area (Å²) in [5.41, 5.74) is 2.10. The number of hydrogen-bond acceptors (Lipinski definition) is 3. The number of nitrogens with one attached hydrogen (secondary N) is 1. The molecule has 5 nitrogen and oxygen atoms in total. The summed E-state index contributed by atoms with van der Waals surface area (Å²) in [6.45, 7) is 3.10. The molecule has 1 N–H and O–H groups in total. The van der Waals surface area contributed by atoms with Crippen molar-refractivity contribution in [1.82, 2.24) is 15.1 Å². The summed E-state index contributed by atoms with van der Waals surface area (Å²) < 4.78 is 6.64. The van der Waals surface area contributed by atoms with E-state index in [1.807, 2.05) is 43.5 Å². The zero-order valence-corrected chi connectivity index (χ0v) is 12.5. The van der Waals surface area contributed by atoms with Gasteiger partial charge in [-0.25, -0.2) is 0 Å². The molecule has 1 aromatic carbocycles. The van der Waals surface area contributed by atoms with Gasteiger partial charge in [0.2, 0.25) is 5.91 Å². The highest BCUT2D eigenvalue weighted by Gasteiger charge is 2.15. The molecule has 1 aromatic heterocycles. The van der Waals surface area contributed by atoms with Gasteiger partial charge in [0.05, 0.1) is 6.20 Å². The summed E-state index contributed by atoms with van der Waals surface area (Å²) in [5.74, 6) is -0.0335. The third-order valence-electron chi connectivity index (χ3n) is 3.31. The monoisotopic (exact) mass is 287 g/mol. The van der Waals surface area contributed by atoms with Crippen LogP contribution in [-0.4, -0.2) is 35.9 Å². The first-order valence-electron chi connectivity index (χ1n) is 7.08. The standard InChI is InChI=1S/C16H21N3O2/c1-13(16(20)17-9-6-10-21-2)19-12-15(11-18-19)14-7-4-3-5-8-14/h3-5,7-8,11-13H,6,9-10H2,1-2H3,(H,17,20)/t13-/m1/s1. The molecule has 1 atom stereocenters. The lowest BCUT2D eigenvalue weighted by atomic mass is 10.1. The molecule has 2 rings (SSSR count). The highest BCUT2D eigenvalue weighted by Crippen LogP contribution is 2.19. The molecule has 0 saturated carbocycles. The van der Waals surface area contributed by atoms with E-state index in [-0.39, 0.29) is 11.9 Å². The Morgan fingerprint density at radius 3 is 2.81 bits per heavy atom. The zero-order chi connectivity index (χ0) is 15.1. The highest BCUT2D eigenvalue weighted by molar-refractivity contribution is 5.79. The largest absolute Gasteiger partial charge is 0.385 e. The van der Waals surface area contributed by atoms with E-state index in [0.29, 0.717) is 13.2 Å². The van der Waals surface area contributed by atoms with Crippen molar-refractivity contribution in [3.05, 3.63) is 42.7 Å². The first-order chi connectivity index (χ1) is 10.2. The number of benzene rings is 1. The van der Waals surface area contributed by atoms with Crippen molar-refractivity contribution in [2.24, 2.45) is 0 Å². The second-order valence-electron chi connectivity index (χ2n) is 4.89. The Kier molecular flexibility index (Phi) is 5.51. The van der Waals surface area contributed by atoms with Crippen molar-refractivity contribution in [2.45, 2.75) is 19.4 Å². The van der Waals surface area contributed by atoms with E-state index in [9.17, 15) is 4.79 Å². The Balaban J connectivity index is 1.95. The molecule has 1 heterocycles. The molecule has 21 heavy (non-hydrogen) atoms. The van der Waals surface area contributed by atoms with E-state index in [0.717, 1.165) is 17.5 Å². The predicted octanol–water partition coefficient (Wildman–Crippen LogP) is 2.26. The fourth-order valence-corrected chi connectivity index (χ4v) is 2.03. The van der Waals surface area contributed by atoms with Gasteiger partial charge in [0, 0.05) is 32.0 Å². The fourth-order valence-electron chi connectivity index (χ4n) is 2.03. The van der Waals surface area contributed by atoms with E-state index in [2.05, 4.69) is 10.4 Å². The van der Waals surface area contributed by atoms with Gasteiger partial charge in [-0.3, -0.25) is 9.48 Å². The first kappa shape index (κ1) is 15.3. The summed E-state index contributed by atoms with van der Waals surface area (Å²) in [7, 11) is 1.65. The smallest absolute Gasteiger partial charge is 0.244 e. The second kappa shape index (κ2) is 7.59.